The molecule has 0 atom stereocenters. The molecule has 0 unspecified atom stereocenters. The number of hydrogen-bond donors (Lipinski definition) is 1. The van der Waals surface area contributed by atoms with Gasteiger partial charge in [-0.2, -0.15) is 0 Å². The van der Waals surface area contributed by atoms with Crippen LogP contribution in [0.3, 0.4) is 0 Å². The normalized spacial score (nSPS) is 11.3. The molecule has 2 aromatic carbocycles. The summed E-state index contributed by atoms with van der Waals surface area (Å²) in [4.78, 5) is 25.4. The molecule has 3 heterocycles. The molecule has 5 rings (SSSR count). The predicted octanol–water partition coefficient (Wildman–Crippen LogP) is 5.22. The van der Waals surface area contributed by atoms with Gasteiger partial charge in [-0.05, 0) is 47.5 Å². The minimum atomic E-state index is -4.74. The van der Waals surface area contributed by atoms with E-state index in [-0.39, 0.29) is 18.3 Å². The minimum absolute atomic E-state index is 0.149. The van der Waals surface area contributed by atoms with Crippen molar-refractivity contribution < 1.29 is 27.4 Å². The van der Waals surface area contributed by atoms with Gasteiger partial charge in [0.1, 0.15) is 29.9 Å². The fraction of sp³-hybridized carbons (Fsp3) is 0.111. The summed E-state index contributed by atoms with van der Waals surface area (Å²) in [6, 6.07) is 18.0. The van der Waals surface area contributed by atoms with Crippen molar-refractivity contribution in [3.63, 3.8) is 0 Å². The van der Waals surface area contributed by atoms with Crippen LogP contribution in [0.5, 0.6) is 11.5 Å². The lowest BCUT2D eigenvalue weighted by atomic mass is 10.2. The third kappa shape index (κ3) is 6.06. The molecule has 38 heavy (non-hydrogen) atoms. The van der Waals surface area contributed by atoms with Crippen LogP contribution in [0.15, 0.2) is 91.6 Å². The minimum Gasteiger partial charge on any atom is -0.489 e. The summed E-state index contributed by atoms with van der Waals surface area (Å²) >= 11 is 0. The summed E-state index contributed by atoms with van der Waals surface area (Å²) in [6.07, 6.45) is 1.71. The number of nitrogens with one attached hydrogen (secondary N) is 1. The van der Waals surface area contributed by atoms with Gasteiger partial charge < -0.3 is 14.8 Å². The molecule has 0 saturated heterocycles. The highest BCUT2D eigenvalue weighted by molar-refractivity contribution is 5.96. The predicted molar refractivity (Wildman–Crippen MR) is 132 cm³/mol. The standard InChI is InChI=1S/C27H20F3N5O3/c28-27(29,30)38-22-8-6-18(7-9-22)16-37-23-5-1-4-21(12-23)35-17-34-24-11-20(15-32-25(24)35)26(36)33-14-19-3-2-10-31-13-19/h1-13,15,17H,14,16H2,(H,33,36). The lowest BCUT2D eigenvalue weighted by molar-refractivity contribution is -0.274. The molecule has 0 radical (unpaired) electrons. The van der Waals surface area contributed by atoms with Crippen molar-refractivity contribution in [1.82, 2.24) is 24.8 Å². The number of carbonyl (C=O) groups excluding carboxylic acids is 1. The van der Waals surface area contributed by atoms with Crippen molar-refractivity contribution in [3.05, 3.63) is 108 Å². The molecule has 0 saturated carbocycles. The summed E-state index contributed by atoms with van der Waals surface area (Å²) in [7, 11) is 0. The molecule has 0 aliphatic carbocycles. The maximum absolute atomic E-state index is 12.6. The largest absolute Gasteiger partial charge is 0.573 e. The van der Waals surface area contributed by atoms with Crippen molar-refractivity contribution in [3.8, 4) is 17.2 Å². The van der Waals surface area contributed by atoms with Crippen LogP contribution >= 0.6 is 0 Å². The molecule has 0 fully saturated rings. The second-order valence-electron chi connectivity index (χ2n) is 8.20. The summed E-state index contributed by atoms with van der Waals surface area (Å²) in [5.74, 6) is -0.0190. The Morgan fingerprint density at radius 3 is 2.53 bits per heavy atom. The highest BCUT2D eigenvalue weighted by Crippen LogP contribution is 2.24. The summed E-state index contributed by atoms with van der Waals surface area (Å²) < 4.78 is 48.5. The second kappa shape index (κ2) is 10.6. The van der Waals surface area contributed by atoms with Crippen molar-refractivity contribution >= 4 is 17.1 Å². The van der Waals surface area contributed by atoms with Crippen molar-refractivity contribution in [2.75, 3.05) is 0 Å². The Balaban J connectivity index is 1.25. The summed E-state index contributed by atoms with van der Waals surface area (Å²) in [5, 5.41) is 2.84. The molecule has 8 nitrogen and oxygen atoms in total. The molecule has 0 bridgehead atoms. The van der Waals surface area contributed by atoms with Crippen LogP contribution in [0.4, 0.5) is 13.2 Å². The smallest absolute Gasteiger partial charge is 0.489 e. The Hall–Kier alpha value is -4.93. The second-order valence-corrected chi connectivity index (χ2v) is 8.20. The van der Waals surface area contributed by atoms with Crippen LogP contribution in [0.2, 0.25) is 0 Å². The maximum atomic E-state index is 12.6. The molecule has 192 valence electrons. The van der Waals surface area contributed by atoms with Crippen LogP contribution in [-0.4, -0.2) is 31.8 Å². The Bertz CT molecular complexity index is 1550. The number of nitrogens with zero attached hydrogens (tertiary/aromatic N) is 4. The first-order chi connectivity index (χ1) is 18.3. The fourth-order valence-corrected chi connectivity index (χ4v) is 3.68. The van der Waals surface area contributed by atoms with Gasteiger partial charge in [0, 0.05) is 31.2 Å². The van der Waals surface area contributed by atoms with Gasteiger partial charge in [-0.25, -0.2) is 9.97 Å². The number of rotatable bonds is 8. The van der Waals surface area contributed by atoms with Gasteiger partial charge in [0.2, 0.25) is 0 Å². The Morgan fingerprint density at radius 2 is 1.76 bits per heavy atom. The highest BCUT2D eigenvalue weighted by Gasteiger charge is 2.30. The number of imidazole rings is 1. The topological polar surface area (TPSA) is 91.2 Å². The zero-order chi connectivity index (χ0) is 26.5. The van der Waals surface area contributed by atoms with Crippen LogP contribution in [0, 0.1) is 0 Å². The first-order valence-electron chi connectivity index (χ1n) is 11.4. The van der Waals surface area contributed by atoms with E-state index in [1.807, 2.05) is 12.1 Å². The lowest BCUT2D eigenvalue weighted by Crippen LogP contribution is -2.23. The first-order valence-corrected chi connectivity index (χ1v) is 11.4. The van der Waals surface area contributed by atoms with Crippen molar-refractivity contribution in [1.29, 1.82) is 0 Å². The number of pyridine rings is 2. The van der Waals surface area contributed by atoms with Gasteiger partial charge in [-0.1, -0.05) is 24.3 Å². The van der Waals surface area contributed by atoms with E-state index in [0.29, 0.717) is 34.6 Å². The average Bonchev–Trinajstić information content (AvgIpc) is 3.35. The molecule has 11 heteroatoms. The van der Waals surface area contributed by atoms with Crippen LogP contribution in [0.25, 0.3) is 16.9 Å². The zero-order valence-electron chi connectivity index (χ0n) is 19.7. The van der Waals surface area contributed by atoms with Crippen LogP contribution in [-0.2, 0) is 13.2 Å². The average molecular weight is 519 g/mol. The molecule has 0 spiro atoms. The Kier molecular flexibility index (Phi) is 6.90. The lowest BCUT2D eigenvalue weighted by Gasteiger charge is -2.11. The fourth-order valence-electron chi connectivity index (χ4n) is 3.68. The number of ether oxygens (including phenoxy) is 2. The number of amides is 1. The zero-order valence-corrected chi connectivity index (χ0v) is 19.7. The number of benzene rings is 2. The molecule has 1 amide bonds. The molecule has 3 aromatic heterocycles. The molecular weight excluding hydrogens is 499 g/mol. The van der Waals surface area contributed by atoms with E-state index < -0.39 is 6.36 Å². The number of fused-ring (bicyclic) bond motifs is 1. The SMILES string of the molecule is O=C(NCc1cccnc1)c1cnc2c(c1)ncn2-c1cccc(OCc2ccc(OC(F)(F)F)cc2)c1. The quantitative estimate of drug-likeness (QED) is 0.302. The molecule has 0 aliphatic heterocycles. The third-order valence-corrected chi connectivity index (χ3v) is 5.48. The van der Waals surface area contributed by atoms with E-state index in [1.165, 1.54) is 30.5 Å². The van der Waals surface area contributed by atoms with Gasteiger partial charge in [0.25, 0.3) is 5.91 Å². The van der Waals surface area contributed by atoms with E-state index >= 15 is 0 Å². The van der Waals surface area contributed by atoms with E-state index in [4.69, 9.17) is 4.74 Å². The molecular formula is C27H20F3N5O3. The van der Waals surface area contributed by atoms with Crippen LogP contribution < -0.4 is 14.8 Å². The third-order valence-electron chi connectivity index (χ3n) is 5.48. The number of hydrogen-bond acceptors (Lipinski definition) is 6. The van der Waals surface area contributed by atoms with Crippen LogP contribution in [0.1, 0.15) is 21.5 Å². The Labute approximate surface area is 214 Å². The molecule has 0 aliphatic rings. The van der Waals surface area contributed by atoms with E-state index in [0.717, 1.165) is 11.3 Å². The molecule has 1 N–H and O–H groups in total. The molecule has 5 aromatic rings. The van der Waals surface area contributed by atoms with Gasteiger partial charge >= 0.3 is 6.36 Å². The number of aromatic nitrogens is 4. The highest BCUT2D eigenvalue weighted by atomic mass is 19.4. The van der Waals surface area contributed by atoms with Gasteiger partial charge in [-0.15, -0.1) is 13.2 Å². The number of alkyl halides is 3. The van der Waals surface area contributed by atoms with Crippen molar-refractivity contribution in [2.24, 2.45) is 0 Å². The number of halogens is 3. The van der Waals surface area contributed by atoms with E-state index in [1.54, 1.807) is 53.6 Å². The van der Waals surface area contributed by atoms with Gasteiger partial charge in [0.05, 0.1) is 11.3 Å². The van der Waals surface area contributed by atoms with Gasteiger partial charge in [-0.3, -0.25) is 14.3 Å². The first kappa shape index (κ1) is 24.8. The van der Waals surface area contributed by atoms with E-state index in [2.05, 4.69) is 25.0 Å². The van der Waals surface area contributed by atoms with E-state index in [9.17, 15) is 18.0 Å². The summed E-state index contributed by atoms with van der Waals surface area (Å²) in [5.41, 5.74) is 3.79. The Morgan fingerprint density at radius 1 is 0.921 bits per heavy atom. The monoisotopic (exact) mass is 519 g/mol. The maximum Gasteiger partial charge on any atom is 0.573 e. The van der Waals surface area contributed by atoms with Crippen molar-refractivity contribution in [2.45, 2.75) is 19.5 Å². The summed E-state index contributed by atoms with van der Waals surface area (Å²) in [6.45, 7) is 0.494. The number of carbonyl (C=O) groups is 1. The van der Waals surface area contributed by atoms with Gasteiger partial charge in [0.15, 0.2) is 5.65 Å².